The molecule has 0 fully saturated rings. The van der Waals surface area contributed by atoms with Gasteiger partial charge in [0.25, 0.3) is 5.69 Å². The first kappa shape index (κ1) is 14.9. The summed E-state index contributed by atoms with van der Waals surface area (Å²) >= 11 is 0. The number of nitro groups is 1. The third kappa shape index (κ3) is 2.29. The number of non-ortho nitro benzene ring substituents is 1. The van der Waals surface area contributed by atoms with Gasteiger partial charge in [0.15, 0.2) is 5.69 Å². The summed E-state index contributed by atoms with van der Waals surface area (Å²) in [6.45, 7) is 0. The van der Waals surface area contributed by atoms with Crippen molar-refractivity contribution in [1.82, 2.24) is 4.57 Å². The van der Waals surface area contributed by atoms with Crippen molar-refractivity contribution in [2.24, 2.45) is 0 Å². The normalized spacial score (nSPS) is 10.0. The Morgan fingerprint density at radius 2 is 2.23 bits per heavy atom. The average Bonchev–Trinajstić information content (AvgIpc) is 2.82. The number of ether oxygens (including phenoxy) is 1. The minimum atomic E-state index is -0.809. The number of phenolic OH excluding ortho intramolecular Hbond substituents is 1. The molecule has 9 heteroatoms. The summed E-state index contributed by atoms with van der Waals surface area (Å²) < 4.78 is 5.75. The van der Waals surface area contributed by atoms with Crippen molar-refractivity contribution in [3.05, 3.63) is 45.8 Å². The van der Waals surface area contributed by atoms with Crippen LogP contribution in [-0.4, -0.2) is 27.7 Å². The zero-order chi connectivity index (χ0) is 16.4. The van der Waals surface area contributed by atoms with Crippen LogP contribution in [0.1, 0.15) is 16.1 Å². The van der Waals surface area contributed by atoms with Crippen LogP contribution in [0.4, 0.5) is 11.4 Å². The summed E-state index contributed by atoms with van der Waals surface area (Å²) in [5.41, 5.74) is 5.22. The molecule has 22 heavy (non-hydrogen) atoms. The second kappa shape index (κ2) is 5.45. The maximum atomic E-state index is 11.8. The minimum absolute atomic E-state index is 0.0122. The van der Waals surface area contributed by atoms with E-state index in [1.807, 2.05) is 6.07 Å². The van der Waals surface area contributed by atoms with Gasteiger partial charge in [-0.15, -0.1) is 0 Å². The second-order valence-corrected chi connectivity index (χ2v) is 4.21. The van der Waals surface area contributed by atoms with E-state index in [2.05, 4.69) is 4.74 Å². The van der Waals surface area contributed by atoms with Gasteiger partial charge in [-0.05, 0) is 6.07 Å². The highest BCUT2D eigenvalue weighted by atomic mass is 16.6. The number of carbonyl (C=O) groups is 1. The number of nitriles is 1. The van der Waals surface area contributed by atoms with E-state index >= 15 is 0 Å². The zero-order valence-electron chi connectivity index (χ0n) is 11.3. The van der Waals surface area contributed by atoms with Gasteiger partial charge in [-0.25, -0.2) is 4.79 Å². The summed E-state index contributed by atoms with van der Waals surface area (Å²) in [6.07, 6.45) is 1.24. The molecule has 0 radical (unpaired) electrons. The lowest BCUT2D eigenvalue weighted by Crippen LogP contribution is -2.11. The van der Waals surface area contributed by atoms with Gasteiger partial charge >= 0.3 is 5.97 Å². The topological polar surface area (TPSA) is 144 Å². The highest BCUT2D eigenvalue weighted by Gasteiger charge is 2.23. The molecular weight excluding hydrogens is 292 g/mol. The zero-order valence-corrected chi connectivity index (χ0v) is 11.3. The number of hydrogen-bond donors (Lipinski definition) is 2. The van der Waals surface area contributed by atoms with Crippen LogP contribution in [0, 0.1) is 21.4 Å². The molecule has 0 saturated carbocycles. The van der Waals surface area contributed by atoms with Crippen LogP contribution in [0.25, 0.3) is 5.69 Å². The fourth-order valence-corrected chi connectivity index (χ4v) is 1.93. The van der Waals surface area contributed by atoms with Gasteiger partial charge in [0.1, 0.15) is 11.8 Å². The maximum absolute atomic E-state index is 11.8. The monoisotopic (exact) mass is 302 g/mol. The third-order valence-corrected chi connectivity index (χ3v) is 2.97. The lowest BCUT2D eigenvalue weighted by Gasteiger charge is -2.09. The molecule has 0 amide bonds. The Balaban J connectivity index is 2.70. The molecular formula is C13H10N4O5. The van der Waals surface area contributed by atoms with Crippen LogP contribution in [-0.2, 0) is 4.74 Å². The van der Waals surface area contributed by atoms with Crippen molar-refractivity contribution in [2.75, 3.05) is 12.8 Å². The Bertz CT molecular complexity index is 819. The molecule has 9 nitrogen and oxygen atoms in total. The predicted octanol–water partition coefficient (Wildman–Crippen LogP) is 1.33. The van der Waals surface area contributed by atoms with Crippen molar-refractivity contribution < 1.29 is 19.6 Å². The van der Waals surface area contributed by atoms with Gasteiger partial charge < -0.3 is 20.1 Å². The fraction of sp³-hybridized carbons (Fsp3) is 0.0769. The molecule has 112 valence electrons. The Hall–Kier alpha value is -3.54. The van der Waals surface area contributed by atoms with Crippen LogP contribution >= 0.6 is 0 Å². The van der Waals surface area contributed by atoms with Gasteiger partial charge in [0, 0.05) is 12.3 Å². The summed E-state index contributed by atoms with van der Waals surface area (Å²) in [5.74, 6) is -1.25. The molecule has 1 heterocycles. The Morgan fingerprint density at radius 3 is 2.73 bits per heavy atom. The van der Waals surface area contributed by atoms with Crippen LogP contribution in [0.15, 0.2) is 24.4 Å². The minimum Gasteiger partial charge on any atom is -0.505 e. The number of benzene rings is 1. The Labute approximate surface area is 123 Å². The first-order valence-corrected chi connectivity index (χ1v) is 5.87. The lowest BCUT2D eigenvalue weighted by atomic mass is 10.2. The summed E-state index contributed by atoms with van der Waals surface area (Å²) in [7, 11) is 1.14. The number of aromatic nitrogens is 1. The predicted molar refractivity (Wildman–Crippen MR) is 74.6 cm³/mol. The lowest BCUT2D eigenvalue weighted by molar-refractivity contribution is -0.384. The second-order valence-electron chi connectivity index (χ2n) is 4.21. The number of phenols is 1. The molecule has 0 aliphatic carbocycles. The van der Waals surface area contributed by atoms with E-state index in [0.717, 1.165) is 23.8 Å². The molecule has 0 unspecified atom stereocenters. The summed E-state index contributed by atoms with van der Waals surface area (Å²) in [6, 6.07) is 5.13. The molecule has 1 aromatic carbocycles. The van der Waals surface area contributed by atoms with E-state index < -0.39 is 16.6 Å². The highest BCUT2D eigenvalue weighted by molar-refractivity contribution is 5.96. The third-order valence-electron chi connectivity index (χ3n) is 2.97. The van der Waals surface area contributed by atoms with E-state index in [4.69, 9.17) is 11.0 Å². The van der Waals surface area contributed by atoms with E-state index in [9.17, 15) is 20.0 Å². The van der Waals surface area contributed by atoms with Crippen molar-refractivity contribution in [3.63, 3.8) is 0 Å². The van der Waals surface area contributed by atoms with E-state index in [1.165, 1.54) is 12.3 Å². The SMILES string of the molecule is COC(=O)c1c(N)c(C#N)cn1-c1ccc([N+](=O)[O-])cc1O. The van der Waals surface area contributed by atoms with Crippen LogP contribution < -0.4 is 5.73 Å². The molecule has 0 aliphatic rings. The number of aromatic hydroxyl groups is 1. The number of methoxy groups -OCH3 is 1. The number of carbonyl (C=O) groups excluding carboxylic acids is 1. The van der Waals surface area contributed by atoms with Crippen molar-refractivity contribution >= 4 is 17.3 Å². The first-order valence-electron chi connectivity index (χ1n) is 5.87. The number of nitrogen functional groups attached to an aromatic ring is 1. The van der Waals surface area contributed by atoms with Gasteiger partial charge in [-0.1, -0.05) is 0 Å². The molecule has 0 saturated heterocycles. The Morgan fingerprint density at radius 1 is 1.55 bits per heavy atom. The molecule has 0 aliphatic heterocycles. The number of nitro benzene ring substituents is 1. The largest absolute Gasteiger partial charge is 0.505 e. The fourth-order valence-electron chi connectivity index (χ4n) is 1.93. The van der Waals surface area contributed by atoms with Gasteiger partial charge in [-0.2, -0.15) is 5.26 Å². The van der Waals surface area contributed by atoms with Gasteiger partial charge in [0.05, 0.1) is 35.0 Å². The number of hydrogen-bond acceptors (Lipinski definition) is 7. The van der Waals surface area contributed by atoms with Crippen molar-refractivity contribution in [3.8, 4) is 17.5 Å². The molecule has 0 bridgehead atoms. The molecule has 0 spiro atoms. The number of nitrogens with zero attached hydrogens (tertiary/aromatic N) is 3. The molecule has 0 atom stereocenters. The van der Waals surface area contributed by atoms with E-state index in [1.54, 1.807) is 0 Å². The van der Waals surface area contributed by atoms with Gasteiger partial charge in [0.2, 0.25) is 0 Å². The van der Waals surface area contributed by atoms with Crippen LogP contribution in [0.5, 0.6) is 5.75 Å². The molecule has 1 aromatic heterocycles. The maximum Gasteiger partial charge on any atom is 0.357 e. The number of nitrogens with two attached hydrogens (primary N) is 1. The quantitative estimate of drug-likeness (QED) is 0.494. The first-order chi connectivity index (χ1) is 10.4. The van der Waals surface area contributed by atoms with E-state index in [0.29, 0.717) is 0 Å². The van der Waals surface area contributed by atoms with Crippen molar-refractivity contribution in [1.29, 1.82) is 5.26 Å². The standard InChI is InChI=1S/C13H10N4O5/c1-22-13(19)12-11(15)7(5-14)6-16(12)9-3-2-8(17(20)21)4-10(9)18/h2-4,6,18H,15H2,1H3. The highest BCUT2D eigenvalue weighted by Crippen LogP contribution is 2.31. The molecule has 3 N–H and O–H groups in total. The molecule has 2 aromatic rings. The summed E-state index contributed by atoms with van der Waals surface area (Å²) in [5, 5.41) is 29.6. The smallest absolute Gasteiger partial charge is 0.357 e. The van der Waals surface area contributed by atoms with E-state index in [-0.39, 0.29) is 28.3 Å². The summed E-state index contributed by atoms with van der Waals surface area (Å²) in [4.78, 5) is 21.8. The van der Waals surface area contributed by atoms with Crippen molar-refractivity contribution in [2.45, 2.75) is 0 Å². The van der Waals surface area contributed by atoms with Crippen LogP contribution in [0.2, 0.25) is 0 Å². The van der Waals surface area contributed by atoms with Gasteiger partial charge in [-0.3, -0.25) is 10.1 Å². The number of rotatable bonds is 3. The molecule has 2 rings (SSSR count). The Kier molecular flexibility index (Phi) is 3.68. The van der Waals surface area contributed by atoms with Crippen LogP contribution in [0.3, 0.4) is 0 Å². The number of anilines is 1. The number of esters is 1. The average molecular weight is 302 g/mol.